The topological polar surface area (TPSA) is 76.7 Å². The molecule has 2 N–H and O–H groups in total. The minimum atomic E-state index is -0.541. The highest BCUT2D eigenvalue weighted by Gasteiger charge is 2.10. The molecule has 0 aromatic heterocycles. The van der Waals surface area contributed by atoms with Crippen LogP contribution in [0.25, 0.3) is 0 Å². The maximum Gasteiger partial charge on any atom is 0.412 e. The fraction of sp³-hybridized carbons (Fsp3) is 0.333. The van der Waals surface area contributed by atoms with Crippen LogP contribution >= 0.6 is 0 Å². The van der Waals surface area contributed by atoms with E-state index in [1.54, 1.807) is 26.0 Å². The lowest BCUT2D eigenvalue weighted by atomic mass is 10.1. The second-order valence-corrected chi connectivity index (χ2v) is 3.69. The van der Waals surface area contributed by atoms with Crippen molar-refractivity contribution in [1.82, 2.24) is 5.32 Å². The monoisotopic (exact) mass is 252 g/mol. The predicted octanol–water partition coefficient (Wildman–Crippen LogP) is 2.20. The zero-order valence-electron chi connectivity index (χ0n) is 10.8. The summed E-state index contributed by atoms with van der Waals surface area (Å²) in [5.41, 5.74) is 2.20. The van der Waals surface area contributed by atoms with Gasteiger partial charge < -0.3 is 14.8 Å². The van der Waals surface area contributed by atoms with E-state index in [1.807, 2.05) is 0 Å². The molecule has 1 aromatic carbocycles. The van der Waals surface area contributed by atoms with E-state index in [4.69, 9.17) is 4.74 Å². The molecular formula is C12H16N2O4. The van der Waals surface area contributed by atoms with Crippen LogP contribution in [0.2, 0.25) is 0 Å². The molecule has 98 valence electrons. The van der Waals surface area contributed by atoms with Gasteiger partial charge >= 0.3 is 12.2 Å². The average molecular weight is 252 g/mol. The maximum absolute atomic E-state index is 11.2. The summed E-state index contributed by atoms with van der Waals surface area (Å²) in [4.78, 5) is 22.3. The summed E-state index contributed by atoms with van der Waals surface area (Å²) < 4.78 is 9.55. The van der Waals surface area contributed by atoms with Crippen LogP contribution in [0.1, 0.15) is 11.1 Å². The van der Waals surface area contributed by atoms with Gasteiger partial charge in [0.15, 0.2) is 0 Å². The lowest BCUT2D eigenvalue weighted by molar-refractivity contribution is 0.186. The Morgan fingerprint density at radius 3 is 2.11 bits per heavy atom. The highest BCUT2D eigenvalue weighted by Crippen LogP contribution is 2.26. The molecule has 0 spiro atoms. The molecule has 6 heteroatoms. The molecule has 0 aliphatic rings. The van der Waals surface area contributed by atoms with E-state index >= 15 is 0 Å². The van der Waals surface area contributed by atoms with Gasteiger partial charge in [0.2, 0.25) is 0 Å². The van der Waals surface area contributed by atoms with Gasteiger partial charge in [-0.25, -0.2) is 9.59 Å². The number of ether oxygens (including phenoxy) is 2. The number of anilines is 1. The maximum atomic E-state index is 11.2. The van der Waals surface area contributed by atoms with Crippen LogP contribution in [0, 0.1) is 13.8 Å². The summed E-state index contributed by atoms with van der Waals surface area (Å²) in [7, 11) is 2.78. The lowest BCUT2D eigenvalue weighted by Gasteiger charge is -2.13. The predicted molar refractivity (Wildman–Crippen MR) is 67.0 cm³/mol. The molecule has 0 atom stereocenters. The van der Waals surface area contributed by atoms with Gasteiger partial charge in [0.05, 0.1) is 12.8 Å². The molecule has 0 saturated carbocycles. The summed E-state index contributed by atoms with van der Waals surface area (Å²) in [6.07, 6.45) is -1.08. The summed E-state index contributed by atoms with van der Waals surface area (Å²) in [5, 5.41) is 4.96. The Kier molecular flexibility index (Phi) is 4.53. The molecule has 0 aliphatic carbocycles. The molecule has 2 amide bonds. The van der Waals surface area contributed by atoms with Gasteiger partial charge in [0, 0.05) is 7.05 Å². The van der Waals surface area contributed by atoms with E-state index in [1.165, 1.54) is 14.2 Å². The molecule has 0 radical (unpaired) electrons. The first-order valence-electron chi connectivity index (χ1n) is 5.33. The quantitative estimate of drug-likeness (QED) is 0.846. The van der Waals surface area contributed by atoms with Gasteiger partial charge in [-0.3, -0.25) is 5.32 Å². The van der Waals surface area contributed by atoms with Crippen molar-refractivity contribution in [3.05, 3.63) is 23.3 Å². The second-order valence-electron chi connectivity index (χ2n) is 3.69. The van der Waals surface area contributed by atoms with Gasteiger partial charge in [-0.2, -0.15) is 0 Å². The Morgan fingerprint density at radius 1 is 1.11 bits per heavy atom. The first-order chi connectivity index (χ1) is 8.47. The molecule has 0 unspecified atom stereocenters. The molecule has 0 bridgehead atoms. The molecule has 0 aliphatic heterocycles. The third-order valence-electron chi connectivity index (χ3n) is 2.33. The van der Waals surface area contributed by atoms with E-state index in [-0.39, 0.29) is 0 Å². The van der Waals surface area contributed by atoms with Crippen molar-refractivity contribution in [2.75, 3.05) is 19.5 Å². The van der Waals surface area contributed by atoms with E-state index in [2.05, 4.69) is 15.4 Å². The number of benzene rings is 1. The van der Waals surface area contributed by atoms with Crippen LogP contribution in [-0.2, 0) is 4.74 Å². The van der Waals surface area contributed by atoms with Crippen LogP contribution in [0.4, 0.5) is 15.3 Å². The van der Waals surface area contributed by atoms with Gasteiger partial charge in [0.1, 0.15) is 5.75 Å². The summed E-state index contributed by atoms with van der Waals surface area (Å²) in [6, 6.07) is 3.32. The Labute approximate surface area is 105 Å². The molecule has 6 nitrogen and oxygen atoms in total. The Hall–Kier alpha value is -2.24. The van der Waals surface area contributed by atoms with Crippen molar-refractivity contribution in [2.45, 2.75) is 13.8 Å². The number of hydrogen-bond acceptors (Lipinski definition) is 4. The number of carbonyl (C=O) groups is 2. The zero-order valence-corrected chi connectivity index (χ0v) is 10.8. The number of hydrogen-bond donors (Lipinski definition) is 2. The number of amides is 2. The van der Waals surface area contributed by atoms with E-state index in [0.717, 1.165) is 11.1 Å². The molecule has 1 aromatic rings. The largest absolute Gasteiger partial charge is 0.453 e. The molecule has 0 saturated heterocycles. The van der Waals surface area contributed by atoms with Crippen LogP contribution in [0.3, 0.4) is 0 Å². The number of aryl methyl sites for hydroxylation is 2. The fourth-order valence-electron chi connectivity index (χ4n) is 1.49. The van der Waals surface area contributed by atoms with Crippen LogP contribution < -0.4 is 15.4 Å². The van der Waals surface area contributed by atoms with Crippen molar-refractivity contribution >= 4 is 17.9 Å². The Balaban J connectivity index is 2.97. The standard InChI is InChI=1S/C12H16N2O4/c1-7-5-9(18-11(15)13-3)6-8(2)10(7)14-12(16)17-4/h5-6H,1-4H3,(H,13,15)(H,14,16). The third kappa shape index (κ3) is 3.38. The van der Waals surface area contributed by atoms with E-state index in [0.29, 0.717) is 11.4 Å². The lowest BCUT2D eigenvalue weighted by Crippen LogP contribution is -2.22. The van der Waals surface area contributed by atoms with E-state index < -0.39 is 12.2 Å². The molecule has 0 heterocycles. The normalized spacial score (nSPS) is 9.56. The highest BCUT2D eigenvalue weighted by atomic mass is 16.6. The van der Waals surface area contributed by atoms with E-state index in [9.17, 15) is 9.59 Å². The smallest absolute Gasteiger partial charge is 0.412 e. The summed E-state index contributed by atoms with van der Waals surface area (Å²) in [5.74, 6) is 0.416. The molecule has 1 rings (SSSR count). The fourth-order valence-corrected chi connectivity index (χ4v) is 1.49. The zero-order chi connectivity index (χ0) is 13.7. The molecule has 0 fully saturated rings. The molecule has 18 heavy (non-hydrogen) atoms. The van der Waals surface area contributed by atoms with Gasteiger partial charge in [0.25, 0.3) is 0 Å². The number of carbonyl (C=O) groups excluding carboxylic acids is 2. The number of rotatable bonds is 2. The Bertz CT molecular complexity index is 448. The van der Waals surface area contributed by atoms with Gasteiger partial charge in [-0.1, -0.05) is 0 Å². The van der Waals surface area contributed by atoms with Crippen LogP contribution in [-0.4, -0.2) is 26.3 Å². The summed E-state index contributed by atoms with van der Waals surface area (Å²) in [6.45, 7) is 3.60. The van der Waals surface area contributed by atoms with Crippen molar-refractivity contribution in [2.24, 2.45) is 0 Å². The SMILES string of the molecule is CNC(=O)Oc1cc(C)c(NC(=O)OC)c(C)c1. The first kappa shape index (κ1) is 13.8. The van der Waals surface area contributed by atoms with Crippen molar-refractivity contribution < 1.29 is 19.1 Å². The Morgan fingerprint density at radius 2 is 1.67 bits per heavy atom. The minimum absolute atomic E-state index is 0.416. The van der Waals surface area contributed by atoms with Crippen molar-refractivity contribution in [3.8, 4) is 5.75 Å². The van der Waals surface area contributed by atoms with Crippen molar-refractivity contribution in [1.29, 1.82) is 0 Å². The summed E-state index contributed by atoms with van der Waals surface area (Å²) >= 11 is 0. The van der Waals surface area contributed by atoms with Crippen LogP contribution in [0.5, 0.6) is 5.75 Å². The highest BCUT2D eigenvalue weighted by molar-refractivity contribution is 5.87. The van der Waals surface area contributed by atoms with Crippen LogP contribution in [0.15, 0.2) is 12.1 Å². The molecular weight excluding hydrogens is 236 g/mol. The number of nitrogens with one attached hydrogen (secondary N) is 2. The average Bonchev–Trinajstić information content (AvgIpc) is 2.33. The number of methoxy groups -OCH3 is 1. The second kappa shape index (κ2) is 5.90. The first-order valence-corrected chi connectivity index (χ1v) is 5.33. The van der Waals surface area contributed by atoms with Gasteiger partial charge in [-0.05, 0) is 37.1 Å². The van der Waals surface area contributed by atoms with Gasteiger partial charge in [-0.15, -0.1) is 0 Å². The van der Waals surface area contributed by atoms with Crippen molar-refractivity contribution in [3.63, 3.8) is 0 Å². The third-order valence-corrected chi connectivity index (χ3v) is 2.33. The minimum Gasteiger partial charge on any atom is -0.453 e.